The first-order valence-electron chi connectivity index (χ1n) is 26.9. The zero-order valence-electron chi connectivity index (χ0n) is 41.5. The molecule has 0 aromatic carbocycles. The van der Waals surface area contributed by atoms with E-state index in [9.17, 15) is 45.6 Å². The lowest BCUT2D eigenvalue weighted by Gasteiger charge is -2.46. The van der Waals surface area contributed by atoms with E-state index in [1.807, 2.05) is 0 Å². The van der Waals surface area contributed by atoms with Gasteiger partial charge in [0.1, 0.15) is 48.8 Å². The van der Waals surface area contributed by atoms with Crippen LogP contribution in [0, 0.1) is 0 Å². The van der Waals surface area contributed by atoms with Gasteiger partial charge in [0.2, 0.25) is 5.91 Å². The maximum atomic E-state index is 13.2. The second-order valence-electron chi connectivity index (χ2n) is 19.4. The first-order valence-corrected chi connectivity index (χ1v) is 26.9. The molecule has 0 spiro atoms. The molecule has 2 saturated heterocycles. The number of unbranched alkanes of at least 4 members (excludes halogenated alkanes) is 27. The Bertz CT molecular complexity index is 1160. The quantitative estimate of drug-likeness (QED) is 0.0213. The predicted molar refractivity (Wildman–Crippen MR) is 259 cm³/mol. The molecule has 2 heterocycles. The number of amides is 1. The van der Waals surface area contributed by atoms with E-state index in [1.165, 1.54) is 122 Å². The maximum absolute atomic E-state index is 13.2. The van der Waals surface area contributed by atoms with Crippen LogP contribution in [0.5, 0.6) is 0 Å². The Morgan fingerprint density at radius 1 is 0.530 bits per heavy atom. The molecule has 66 heavy (non-hydrogen) atoms. The van der Waals surface area contributed by atoms with Crippen LogP contribution < -0.4 is 5.32 Å². The fourth-order valence-electron chi connectivity index (χ4n) is 9.04. The van der Waals surface area contributed by atoms with Gasteiger partial charge in [-0.15, -0.1) is 0 Å². The van der Waals surface area contributed by atoms with Crippen LogP contribution >= 0.6 is 0 Å². The van der Waals surface area contributed by atoms with Crippen molar-refractivity contribution in [2.45, 2.75) is 293 Å². The molecule has 2 rings (SSSR count). The number of aliphatic hydroxyl groups excluding tert-OH is 8. The molecule has 14 heteroatoms. The molecule has 0 aliphatic carbocycles. The van der Waals surface area contributed by atoms with Crippen LogP contribution in [-0.2, 0) is 23.7 Å². The van der Waals surface area contributed by atoms with Crippen molar-refractivity contribution >= 4 is 5.91 Å². The molecule has 1 amide bonds. The SMILES string of the molecule is CCCC/C=C\CCCCCCCC(=O)NC(COC1OC(CO)C(OC2OC(CO)C(O)C(O)C2O)C(O)C1O)C(O)CCCCCCCCCCCCCCCCCCCCCCC. The first-order chi connectivity index (χ1) is 32.1. The molecule has 390 valence electrons. The summed E-state index contributed by atoms with van der Waals surface area (Å²) >= 11 is 0. The van der Waals surface area contributed by atoms with Crippen molar-refractivity contribution in [3.63, 3.8) is 0 Å². The third kappa shape index (κ3) is 26.1. The van der Waals surface area contributed by atoms with Gasteiger partial charge in [-0.3, -0.25) is 4.79 Å². The number of carbonyl (C=O) groups excluding carboxylic acids is 1. The van der Waals surface area contributed by atoms with Gasteiger partial charge in [-0.05, 0) is 32.1 Å². The van der Waals surface area contributed by atoms with Crippen molar-refractivity contribution in [3.8, 4) is 0 Å². The van der Waals surface area contributed by atoms with Crippen molar-refractivity contribution in [2.24, 2.45) is 0 Å². The molecule has 14 nitrogen and oxygen atoms in total. The lowest BCUT2D eigenvalue weighted by Crippen LogP contribution is -2.65. The van der Waals surface area contributed by atoms with Crippen molar-refractivity contribution in [1.82, 2.24) is 5.32 Å². The molecule has 12 unspecified atom stereocenters. The minimum absolute atomic E-state index is 0.216. The average molecular weight is 946 g/mol. The highest BCUT2D eigenvalue weighted by Gasteiger charge is 2.51. The summed E-state index contributed by atoms with van der Waals surface area (Å²) in [6.07, 6.45) is 25.1. The second kappa shape index (κ2) is 39.5. The Morgan fingerprint density at radius 3 is 1.48 bits per heavy atom. The highest BCUT2D eigenvalue weighted by molar-refractivity contribution is 5.76. The van der Waals surface area contributed by atoms with E-state index >= 15 is 0 Å². The third-order valence-corrected chi connectivity index (χ3v) is 13.5. The molecule has 2 aliphatic heterocycles. The second-order valence-corrected chi connectivity index (χ2v) is 19.4. The van der Waals surface area contributed by atoms with Crippen molar-refractivity contribution < 1.29 is 64.6 Å². The van der Waals surface area contributed by atoms with Crippen molar-refractivity contribution in [1.29, 1.82) is 0 Å². The fraction of sp³-hybridized carbons (Fsp3) is 0.942. The van der Waals surface area contributed by atoms with E-state index in [1.54, 1.807) is 0 Å². The normalized spacial score (nSPS) is 26.8. The average Bonchev–Trinajstić information content (AvgIpc) is 3.31. The minimum atomic E-state index is -1.78. The molecule has 2 fully saturated rings. The number of carbonyl (C=O) groups is 1. The Hall–Kier alpha value is -1.27. The molecule has 0 radical (unpaired) electrons. The number of nitrogens with one attached hydrogen (secondary N) is 1. The Labute approximate surface area is 399 Å². The van der Waals surface area contributed by atoms with E-state index in [-0.39, 0.29) is 12.5 Å². The van der Waals surface area contributed by atoms with Crippen LogP contribution in [0.1, 0.15) is 219 Å². The van der Waals surface area contributed by atoms with Gasteiger partial charge in [-0.25, -0.2) is 0 Å². The van der Waals surface area contributed by atoms with Gasteiger partial charge in [0.15, 0.2) is 12.6 Å². The van der Waals surface area contributed by atoms with Crippen LogP contribution in [0.3, 0.4) is 0 Å². The number of allylic oxidation sites excluding steroid dienone is 2. The van der Waals surface area contributed by atoms with E-state index in [0.29, 0.717) is 19.3 Å². The zero-order chi connectivity index (χ0) is 48.2. The summed E-state index contributed by atoms with van der Waals surface area (Å²) in [6, 6.07) is -0.828. The van der Waals surface area contributed by atoms with Crippen LogP contribution in [-0.4, -0.2) is 140 Å². The van der Waals surface area contributed by atoms with Crippen molar-refractivity contribution in [3.05, 3.63) is 12.2 Å². The molecule has 2 aliphatic rings. The Balaban J connectivity index is 1.77. The zero-order valence-corrected chi connectivity index (χ0v) is 41.5. The number of hydrogen-bond acceptors (Lipinski definition) is 13. The topological polar surface area (TPSA) is 228 Å². The molecule has 0 aromatic heterocycles. The van der Waals surface area contributed by atoms with E-state index < -0.39 is 86.8 Å². The van der Waals surface area contributed by atoms with Crippen LogP contribution in [0.2, 0.25) is 0 Å². The largest absolute Gasteiger partial charge is 0.394 e. The summed E-state index contributed by atoms with van der Waals surface area (Å²) in [6.45, 7) is 2.82. The summed E-state index contributed by atoms with van der Waals surface area (Å²) in [7, 11) is 0. The molecular weight excluding hydrogens is 847 g/mol. The van der Waals surface area contributed by atoms with Crippen LogP contribution in [0.25, 0.3) is 0 Å². The monoisotopic (exact) mass is 946 g/mol. The maximum Gasteiger partial charge on any atom is 0.220 e. The molecule has 9 N–H and O–H groups in total. The summed E-state index contributed by atoms with van der Waals surface area (Å²) in [4.78, 5) is 13.2. The van der Waals surface area contributed by atoms with Gasteiger partial charge in [0.25, 0.3) is 0 Å². The standard InChI is InChI=1S/C52H99NO13/c1-3-5-7-9-11-13-15-16-17-18-19-20-21-22-23-24-26-27-29-31-33-35-41(56)40(53-44(57)36-34-32-30-28-25-14-12-10-8-6-4-2)39-63-51-49(62)47(60)50(43(38-55)65-51)66-52-48(61)46(59)45(58)42(37-54)64-52/h10,12,40-43,45-52,54-56,58-62H,3-9,11,13-39H2,1-2H3,(H,53,57)/b12-10-. The van der Waals surface area contributed by atoms with E-state index in [2.05, 4.69) is 31.3 Å². The molecule has 12 atom stereocenters. The molecule has 0 bridgehead atoms. The Morgan fingerprint density at radius 2 is 0.970 bits per heavy atom. The number of ether oxygens (including phenoxy) is 4. The van der Waals surface area contributed by atoms with Crippen LogP contribution in [0.15, 0.2) is 12.2 Å². The highest BCUT2D eigenvalue weighted by Crippen LogP contribution is 2.30. The molecular formula is C52H99NO13. The predicted octanol–water partition coefficient (Wildman–Crippen LogP) is 7.55. The van der Waals surface area contributed by atoms with Crippen LogP contribution in [0.4, 0.5) is 0 Å². The highest BCUT2D eigenvalue weighted by atomic mass is 16.7. The summed E-state index contributed by atoms with van der Waals surface area (Å²) in [5, 5.41) is 86.9. The van der Waals surface area contributed by atoms with Crippen molar-refractivity contribution in [2.75, 3.05) is 19.8 Å². The van der Waals surface area contributed by atoms with Gasteiger partial charge in [-0.1, -0.05) is 193 Å². The lowest BCUT2D eigenvalue weighted by atomic mass is 9.97. The van der Waals surface area contributed by atoms with Gasteiger partial charge >= 0.3 is 0 Å². The van der Waals surface area contributed by atoms with Gasteiger partial charge in [-0.2, -0.15) is 0 Å². The van der Waals surface area contributed by atoms with Gasteiger partial charge in [0, 0.05) is 6.42 Å². The minimum Gasteiger partial charge on any atom is -0.394 e. The number of hydrogen-bond donors (Lipinski definition) is 9. The van der Waals surface area contributed by atoms with Gasteiger partial charge in [0.05, 0.1) is 32.0 Å². The number of aliphatic hydroxyl groups is 8. The van der Waals surface area contributed by atoms with Gasteiger partial charge < -0.3 is 65.1 Å². The third-order valence-electron chi connectivity index (χ3n) is 13.5. The Kier molecular flexibility index (Phi) is 36.4. The fourth-order valence-corrected chi connectivity index (χ4v) is 9.04. The molecule has 0 aromatic rings. The first kappa shape index (κ1) is 60.9. The summed E-state index contributed by atoms with van der Waals surface area (Å²) in [5.74, 6) is -0.216. The summed E-state index contributed by atoms with van der Waals surface area (Å²) < 4.78 is 22.8. The number of rotatable bonds is 42. The summed E-state index contributed by atoms with van der Waals surface area (Å²) in [5.41, 5.74) is 0. The lowest BCUT2D eigenvalue weighted by molar-refractivity contribution is -0.359. The smallest absolute Gasteiger partial charge is 0.220 e. The van der Waals surface area contributed by atoms with E-state index in [4.69, 9.17) is 18.9 Å². The molecule has 0 saturated carbocycles. The van der Waals surface area contributed by atoms with E-state index in [0.717, 1.165) is 64.2 Å².